The van der Waals surface area contributed by atoms with Gasteiger partial charge in [-0.15, -0.1) is 0 Å². The van der Waals surface area contributed by atoms with Crippen molar-refractivity contribution in [3.63, 3.8) is 0 Å². The molecule has 0 amide bonds. The molecule has 8 heteroatoms. The van der Waals surface area contributed by atoms with Crippen LogP contribution in [-0.4, -0.2) is 41.5 Å². The second kappa shape index (κ2) is 10.9. The van der Waals surface area contributed by atoms with Gasteiger partial charge in [0.2, 0.25) is 10.0 Å². The normalized spacial score (nSPS) is 11.3. The summed E-state index contributed by atoms with van der Waals surface area (Å²) < 4.78 is 33.7. The molecule has 0 saturated heterocycles. The number of primary sulfonamides is 1. The lowest BCUT2D eigenvalue weighted by Crippen LogP contribution is -2.19. The first-order valence-corrected chi connectivity index (χ1v) is 11.0. The van der Waals surface area contributed by atoms with Gasteiger partial charge in [-0.2, -0.15) is 0 Å². The number of methoxy groups -OCH3 is 2. The van der Waals surface area contributed by atoms with Crippen molar-refractivity contribution in [1.82, 2.24) is 5.32 Å². The molecule has 0 aromatic heterocycles. The quantitative estimate of drug-likeness (QED) is 0.404. The number of Topliss-reactive ketones (excluding diaryl/α,β-unsaturated/α-hetero) is 1. The summed E-state index contributed by atoms with van der Waals surface area (Å²) in [7, 11) is -0.943. The summed E-state index contributed by atoms with van der Waals surface area (Å²) in [6.07, 6.45) is 2.75. The van der Waals surface area contributed by atoms with Crippen LogP contribution in [0.3, 0.4) is 0 Å². The Morgan fingerprint density at radius 2 is 1.72 bits per heavy atom. The lowest BCUT2D eigenvalue weighted by molar-refractivity contribution is 0.0979. The fourth-order valence-corrected chi connectivity index (χ4v) is 3.73. The van der Waals surface area contributed by atoms with Crippen molar-refractivity contribution in [2.75, 3.05) is 27.3 Å². The number of carbonyl (C=O) groups excluding carboxylic acids is 1. The van der Waals surface area contributed by atoms with Crippen molar-refractivity contribution in [3.8, 4) is 11.5 Å². The van der Waals surface area contributed by atoms with Crippen LogP contribution >= 0.6 is 0 Å². The predicted octanol–water partition coefficient (Wildman–Crippen LogP) is 2.54. The molecule has 3 N–H and O–H groups in total. The highest BCUT2D eigenvalue weighted by atomic mass is 32.2. The minimum absolute atomic E-state index is 0.119. The summed E-state index contributed by atoms with van der Waals surface area (Å²) in [5, 5.41) is 8.56. The number of ketones is 1. The van der Waals surface area contributed by atoms with Crippen molar-refractivity contribution in [2.45, 2.75) is 30.6 Å². The molecule has 0 aliphatic carbocycles. The molecule has 2 aromatic carbocycles. The summed E-state index contributed by atoms with van der Waals surface area (Å²) in [4.78, 5) is 12.2. The highest BCUT2D eigenvalue weighted by Crippen LogP contribution is 2.24. The van der Waals surface area contributed by atoms with E-state index in [4.69, 9.17) is 14.6 Å². The maximum atomic E-state index is 12.4. The van der Waals surface area contributed by atoms with Crippen LogP contribution in [-0.2, 0) is 16.4 Å². The van der Waals surface area contributed by atoms with Crippen molar-refractivity contribution >= 4 is 15.8 Å². The predicted molar refractivity (Wildman–Crippen MR) is 112 cm³/mol. The van der Waals surface area contributed by atoms with E-state index in [1.54, 1.807) is 13.2 Å². The van der Waals surface area contributed by atoms with Gasteiger partial charge in [-0.1, -0.05) is 18.2 Å². The second-order valence-electron chi connectivity index (χ2n) is 6.60. The minimum Gasteiger partial charge on any atom is -0.496 e. The SMILES string of the molecule is COc1ccccc1CCNCCCCC(=O)c1ccc(OC)c(S(N)(=O)=O)c1. The van der Waals surface area contributed by atoms with Crippen LogP contribution in [0.25, 0.3) is 0 Å². The Hall–Kier alpha value is -2.42. The molecule has 0 saturated carbocycles. The molecule has 29 heavy (non-hydrogen) atoms. The molecular weight excluding hydrogens is 392 g/mol. The Bertz CT molecular complexity index is 928. The number of ether oxygens (including phenoxy) is 2. The molecule has 7 nitrogen and oxygen atoms in total. The van der Waals surface area contributed by atoms with Crippen LogP contribution in [0.4, 0.5) is 0 Å². The third-order valence-corrected chi connectivity index (χ3v) is 5.50. The number of sulfonamides is 1. The molecule has 0 bridgehead atoms. The van der Waals surface area contributed by atoms with E-state index in [2.05, 4.69) is 5.32 Å². The number of hydrogen-bond donors (Lipinski definition) is 2. The van der Waals surface area contributed by atoms with Crippen molar-refractivity contribution in [1.29, 1.82) is 0 Å². The number of unbranched alkanes of at least 4 members (excludes halogenated alkanes) is 1. The van der Waals surface area contributed by atoms with Gasteiger partial charge in [-0.05, 0) is 62.2 Å². The maximum absolute atomic E-state index is 12.4. The zero-order chi connectivity index (χ0) is 21.3. The fraction of sp³-hybridized carbons (Fsp3) is 0.381. The number of para-hydroxylation sites is 1. The number of nitrogens with one attached hydrogen (secondary N) is 1. The average Bonchev–Trinajstić information content (AvgIpc) is 2.72. The molecule has 0 spiro atoms. The van der Waals surface area contributed by atoms with Crippen LogP contribution in [0.15, 0.2) is 47.4 Å². The second-order valence-corrected chi connectivity index (χ2v) is 8.13. The van der Waals surface area contributed by atoms with Crippen LogP contribution in [0.5, 0.6) is 11.5 Å². The van der Waals surface area contributed by atoms with E-state index in [1.165, 1.54) is 19.2 Å². The molecule has 158 valence electrons. The van der Waals surface area contributed by atoms with Gasteiger partial charge in [-0.3, -0.25) is 4.79 Å². The van der Waals surface area contributed by atoms with Crippen LogP contribution in [0, 0.1) is 0 Å². The van der Waals surface area contributed by atoms with E-state index in [1.807, 2.05) is 24.3 Å². The zero-order valence-electron chi connectivity index (χ0n) is 16.8. The van der Waals surface area contributed by atoms with Gasteiger partial charge in [0.05, 0.1) is 14.2 Å². The smallest absolute Gasteiger partial charge is 0.241 e. The van der Waals surface area contributed by atoms with Crippen LogP contribution in [0.2, 0.25) is 0 Å². The van der Waals surface area contributed by atoms with E-state index >= 15 is 0 Å². The number of rotatable bonds is 12. The largest absolute Gasteiger partial charge is 0.496 e. The third-order valence-electron chi connectivity index (χ3n) is 4.56. The Labute approximate surface area is 172 Å². The molecule has 0 radical (unpaired) electrons. The van der Waals surface area contributed by atoms with Gasteiger partial charge >= 0.3 is 0 Å². The molecule has 0 fully saturated rings. The van der Waals surface area contributed by atoms with E-state index in [9.17, 15) is 13.2 Å². The molecule has 2 aromatic rings. The summed E-state index contributed by atoms with van der Waals surface area (Å²) in [5.41, 5.74) is 1.47. The lowest BCUT2D eigenvalue weighted by Gasteiger charge is -2.09. The Kier molecular flexibility index (Phi) is 8.63. The topological polar surface area (TPSA) is 108 Å². The van der Waals surface area contributed by atoms with E-state index in [-0.39, 0.29) is 16.4 Å². The van der Waals surface area contributed by atoms with Gasteiger partial charge in [-0.25, -0.2) is 13.6 Å². The summed E-state index contributed by atoms with van der Waals surface area (Å²) in [6, 6.07) is 12.2. The summed E-state index contributed by atoms with van der Waals surface area (Å²) in [6.45, 7) is 1.62. The highest BCUT2D eigenvalue weighted by molar-refractivity contribution is 7.89. The molecular formula is C21H28N2O5S. The van der Waals surface area contributed by atoms with Gasteiger partial charge < -0.3 is 14.8 Å². The number of nitrogens with two attached hydrogens (primary N) is 1. The monoisotopic (exact) mass is 420 g/mol. The Balaban J connectivity index is 1.75. The fourth-order valence-electron chi connectivity index (χ4n) is 3.01. The first-order valence-electron chi connectivity index (χ1n) is 9.43. The van der Waals surface area contributed by atoms with E-state index < -0.39 is 10.0 Å². The Morgan fingerprint density at radius 1 is 1.00 bits per heavy atom. The first kappa shape index (κ1) is 22.9. The average molecular weight is 421 g/mol. The molecule has 0 unspecified atom stereocenters. The molecule has 0 aliphatic heterocycles. The molecule has 2 rings (SSSR count). The number of hydrogen-bond acceptors (Lipinski definition) is 6. The molecule has 0 aliphatic rings. The first-order chi connectivity index (χ1) is 13.9. The van der Waals surface area contributed by atoms with Crippen LogP contribution < -0.4 is 19.9 Å². The van der Waals surface area contributed by atoms with Crippen LogP contribution in [0.1, 0.15) is 35.2 Å². The summed E-state index contributed by atoms with van der Waals surface area (Å²) in [5.74, 6) is 0.896. The third kappa shape index (κ3) is 6.85. The number of carbonyl (C=O) groups is 1. The number of benzene rings is 2. The maximum Gasteiger partial charge on any atom is 0.241 e. The highest BCUT2D eigenvalue weighted by Gasteiger charge is 2.17. The molecule has 0 heterocycles. The van der Waals surface area contributed by atoms with Gasteiger partial charge in [0.1, 0.15) is 16.4 Å². The van der Waals surface area contributed by atoms with Gasteiger partial charge in [0.25, 0.3) is 0 Å². The van der Waals surface area contributed by atoms with E-state index in [0.717, 1.165) is 37.2 Å². The van der Waals surface area contributed by atoms with E-state index in [0.29, 0.717) is 18.4 Å². The molecule has 0 atom stereocenters. The lowest BCUT2D eigenvalue weighted by atomic mass is 10.1. The van der Waals surface area contributed by atoms with Gasteiger partial charge in [0.15, 0.2) is 5.78 Å². The zero-order valence-corrected chi connectivity index (χ0v) is 17.6. The van der Waals surface area contributed by atoms with Crippen molar-refractivity contribution in [2.24, 2.45) is 5.14 Å². The minimum atomic E-state index is -3.96. The van der Waals surface area contributed by atoms with Gasteiger partial charge in [0, 0.05) is 12.0 Å². The van der Waals surface area contributed by atoms with Crippen molar-refractivity contribution < 1.29 is 22.7 Å². The van der Waals surface area contributed by atoms with Crippen molar-refractivity contribution in [3.05, 3.63) is 53.6 Å². The Morgan fingerprint density at radius 3 is 2.41 bits per heavy atom. The summed E-state index contributed by atoms with van der Waals surface area (Å²) >= 11 is 0. The standard InChI is InChI=1S/C21H28N2O5S/c1-27-19-9-4-3-7-16(19)12-14-23-13-6-5-8-18(24)17-10-11-20(28-2)21(15-17)29(22,25)26/h3-4,7,9-11,15,23H,5-6,8,12-14H2,1-2H3,(H2,22,25,26).